The topological polar surface area (TPSA) is 0 Å². The molecule has 0 spiro atoms. The second kappa shape index (κ2) is 12.3. The van der Waals surface area contributed by atoms with Crippen LogP contribution in [-0.2, 0) is 5.41 Å². The highest BCUT2D eigenvalue weighted by Crippen LogP contribution is 2.70. The van der Waals surface area contributed by atoms with Gasteiger partial charge >= 0.3 is 0 Å². The summed E-state index contributed by atoms with van der Waals surface area (Å²) < 4.78 is 0. The number of benzene rings is 2. The fraction of sp³-hybridized carbons (Fsp3) is 0.304. The predicted molar refractivity (Wildman–Crippen MR) is 196 cm³/mol. The van der Waals surface area contributed by atoms with Crippen LogP contribution < -0.4 is 0 Å². The molecule has 2 saturated carbocycles. The highest BCUT2D eigenvalue weighted by atomic mass is 14.6. The van der Waals surface area contributed by atoms with Gasteiger partial charge in [0.2, 0.25) is 0 Å². The predicted octanol–water partition coefficient (Wildman–Crippen LogP) is 11.7. The quantitative estimate of drug-likeness (QED) is 0.264. The van der Waals surface area contributed by atoms with E-state index in [0.29, 0.717) is 0 Å². The molecule has 0 N–H and O–H groups in total. The van der Waals surface area contributed by atoms with Gasteiger partial charge in [0.05, 0.1) is 0 Å². The molecule has 0 heteroatoms. The Labute approximate surface area is 281 Å². The highest BCUT2D eigenvalue weighted by Gasteiger charge is 2.63. The summed E-state index contributed by atoms with van der Waals surface area (Å²) in [6.45, 7) is 22.7. The molecule has 2 aromatic rings. The molecule has 4 aliphatic carbocycles. The van der Waals surface area contributed by atoms with Gasteiger partial charge in [-0.1, -0.05) is 159 Å². The smallest absolute Gasteiger partial charge is 0.0351 e. The third-order valence-electron chi connectivity index (χ3n) is 10.3. The second-order valence-electron chi connectivity index (χ2n) is 16.0. The number of fused-ring (bicyclic) bond motifs is 3. The van der Waals surface area contributed by atoms with Crippen LogP contribution in [0.25, 0.3) is 0 Å². The van der Waals surface area contributed by atoms with Gasteiger partial charge in [-0.15, -0.1) is 6.58 Å². The van der Waals surface area contributed by atoms with Gasteiger partial charge in [0.1, 0.15) is 0 Å². The summed E-state index contributed by atoms with van der Waals surface area (Å²) in [6, 6.07) is 22.5. The van der Waals surface area contributed by atoms with E-state index in [4.69, 9.17) is 0 Å². The number of hydrogen-bond acceptors (Lipinski definition) is 0. The van der Waals surface area contributed by atoms with Gasteiger partial charge in [-0.3, -0.25) is 0 Å². The minimum Gasteiger partial charge on any atom is -0.103 e. The van der Waals surface area contributed by atoms with E-state index in [9.17, 15) is 0 Å². The van der Waals surface area contributed by atoms with Crippen molar-refractivity contribution in [2.75, 3.05) is 0 Å². The average Bonchev–Trinajstić information content (AvgIpc) is 3.65. The van der Waals surface area contributed by atoms with Crippen molar-refractivity contribution in [2.45, 2.75) is 73.6 Å². The van der Waals surface area contributed by atoms with Crippen LogP contribution in [0.3, 0.4) is 0 Å². The van der Waals surface area contributed by atoms with E-state index in [0.717, 1.165) is 12.8 Å². The molecule has 0 nitrogen and oxygen atoms in total. The minimum atomic E-state index is -0.539. The normalized spacial score (nSPS) is 21.4. The maximum absolute atomic E-state index is 4.02. The first kappa shape index (κ1) is 33.1. The molecule has 6 rings (SSSR count). The SMILES string of the molecule is C=CCCC(C)(C)[C]1[CH][CH][C](C([C]2[C]3C=C(C(C)(C)C)C=C[C]3[C]3C=CC(C(C)(C)C)=C[C]32)(c2ccccc2)c2ccccc2)[CH]1. The van der Waals surface area contributed by atoms with Crippen molar-refractivity contribution >= 4 is 0 Å². The fourth-order valence-electron chi connectivity index (χ4n) is 7.47. The van der Waals surface area contributed by atoms with Gasteiger partial charge in [-0.25, -0.2) is 0 Å². The molecule has 0 amide bonds. The summed E-state index contributed by atoms with van der Waals surface area (Å²) in [5, 5.41) is 0. The van der Waals surface area contributed by atoms with Crippen molar-refractivity contribution in [1.29, 1.82) is 0 Å². The van der Waals surface area contributed by atoms with E-state index in [1.165, 1.54) is 63.7 Å². The van der Waals surface area contributed by atoms with E-state index in [1.54, 1.807) is 0 Å². The molecule has 0 saturated heterocycles. The first-order chi connectivity index (χ1) is 21.8. The van der Waals surface area contributed by atoms with Crippen molar-refractivity contribution in [2.24, 2.45) is 16.2 Å². The Balaban J connectivity index is 1.61. The molecule has 0 heterocycles. The van der Waals surface area contributed by atoms with Crippen molar-refractivity contribution in [1.82, 2.24) is 0 Å². The molecule has 2 aromatic carbocycles. The largest absolute Gasteiger partial charge is 0.103 e. The van der Waals surface area contributed by atoms with Crippen LogP contribution in [0.15, 0.2) is 121 Å². The Morgan fingerprint density at radius 1 is 0.565 bits per heavy atom. The van der Waals surface area contributed by atoms with Crippen LogP contribution >= 0.6 is 0 Å². The summed E-state index contributed by atoms with van der Waals surface area (Å²) >= 11 is 0. The molecule has 10 radical (unpaired) electrons. The third kappa shape index (κ3) is 5.77. The number of hydrogen-bond donors (Lipinski definition) is 0. The van der Waals surface area contributed by atoms with Crippen LogP contribution in [0.4, 0.5) is 0 Å². The third-order valence-corrected chi connectivity index (χ3v) is 10.3. The van der Waals surface area contributed by atoms with E-state index in [-0.39, 0.29) is 16.2 Å². The molecular weight excluding hydrogens is 553 g/mol. The zero-order valence-corrected chi connectivity index (χ0v) is 29.2. The van der Waals surface area contributed by atoms with Crippen molar-refractivity contribution in [3.63, 3.8) is 0 Å². The molecule has 46 heavy (non-hydrogen) atoms. The molecular formula is C46H50. The number of rotatable bonds is 8. The Morgan fingerprint density at radius 3 is 1.46 bits per heavy atom. The van der Waals surface area contributed by atoms with Crippen LogP contribution in [0.5, 0.6) is 0 Å². The molecule has 0 atom stereocenters. The molecule has 0 unspecified atom stereocenters. The van der Waals surface area contributed by atoms with E-state index < -0.39 is 5.41 Å². The van der Waals surface area contributed by atoms with Crippen LogP contribution in [0.2, 0.25) is 0 Å². The molecule has 0 aliphatic heterocycles. The molecule has 0 bridgehead atoms. The maximum Gasteiger partial charge on any atom is 0.0351 e. The first-order valence-corrected chi connectivity index (χ1v) is 17.0. The monoisotopic (exact) mass is 602 g/mol. The summed E-state index contributed by atoms with van der Waals surface area (Å²) in [4.78, 5) is 0. The summed E-state index contributed by atoms with van der Waals surface area (Å²) in [5.74, 6) is 9.42. The molecule has 0 aromatic heterocycles. The van der Waals surface area contributed by atoms with Crippen molar-refractivity contribution in [3.05, 3.63) is 193 Å². The lowest BCUT2D eigenvalue weighted by molar-refractivity contribution is 0.377. The van der Waals surface area contributed by atoms with Crippen molar-refractivity contribution in [3.8, 4) is 0 Å². The summed E-state index contributed by atoms with van der Waals surface area (Å²) in [5.41, 5.74) is 4.83. The van der Waals surface area contributed by atoms with E-state index >= 15 is 0 Å². The standard InChI is InChI=1S/C46H50/c1-10-11-28-45(8,9)36-22-23-37(29-36)46(32-18-14-12-15-19-32,33-20-16-13-17-21-33)42-40-30-34(43(2,3)4)24-26-38(40)39-27-25-35(31-41(39)42)44(5,6)7/h10,12-27,29-31H,1,11,28H2,2-9H3. The summed E-state index contributed by atoms with van der Waals surface area (Å²) in [6.07, 6.45) is 25.9. The minimum absolute atomic E-state index is 0.0241. The zero-order valence-electron chi connectivity index (χ0n) is 29.2. The lowest BCUT2D eigenvalue weighted by Crippen LogP contribution is -2.44. The Hall–Kier alpha value is -2.86. The molecule has 4 aliphatic rings. The second-order valence-corrected chi connectivity index (χ2v) is 16.0. The molecule has 2 fully saturated rings. The van der Waals surface area contributed by atoms with Gasteiger partial charge in [0, 0.05) is 35.0 Å². The van der Waals surface area contributed by atoms with Crippen LogP contribution in [0.1, 0.15) is 79.4 Å². The number of allylic oxidation sites excluding steroid dienone is 9. The lowest BCUT2D eigenvalue weighted by atomic mass is 9.52. The van der Waals surface area contributed by atoms with Gasteiger partial charge in [-0.05, 0) is 82.5 Å². The van der Waals surface area contributed by atoms with E-state index in [2.05, 4.69) is 178 Å². The van der Waals surface area contributed by atoms with Gasteiger partial charge in [-0.2, -0.15) is 0 Å². The Kier molecular flexibility index (Phi) is 8.84. The van der Waals surface area contributed by atoms with E-state index in [1.807, 2.05) is 6.08 Å². The van der Waals surface area contributed by atoms with Gasteiger partial charge < -0.3 is 0 Å². The molecule has 234 valence electrons. The van der Waals surface area contributed by atoms with Gasteiger partial charge in [0.15, 0.2) is 0 Å². The van der Waals surface area contributed by atoms with Crippen molar-refractivity contribution < 1.29 is 0 Å². The van der Waals surface area contributed by atoms with Crippen LogP contribution in [0, 0.1) is 76.9 Å². The summed E-state index contributed by atoms with van der Waals surface area (Å²) in [7, 11) is 0. The van der Waals surface area contributed by atoms with Crippen LogP contribution in [-0.4, -0.2) is 0 Å². The first-order valence-electron chi connectivity index (χ1n) is 17.0. The average molecular weight is 603 g/mol. The van der Waals surface area contributed by atoms with Gasteiger partial charge in [0.25, 0.3) is 0 Å². The zero-order chi connectivity index (χ0) is 32.9. The highest BCUT2D eigenvalue weighted by molar-refractivity contribution is 5.84. The Morgan fingerprint density at radius 2 is 1.02 bits per heavy atom. The lowest BCUT2D eigenvalue weighted by Gasteiger charge is -2.49. The Bertz CT molecular complexity index is 1400. The maximum atomic E-state index is 4.02. The fourth-order valence-corrected chi connectivity index (χ4v) is 7.47.